The van der Waals surface area contributed by atoms with Gasteiger partial charge in [0, 0.05) is 14.2 Å². The summed E-state index contributed by atoms with van der Waals surface area (Å²) in [6.45, 7) is 1.59. The van der Waals surface area contributed by atoms with Crippen LogP contribution in [0.1, 0.15) is 23.2 Å². The van der Waals surface area contributed by atoms with Crippen LogP contribution in [0.3, 0.4) is 0 Å². The second-order valence-corrected chi connectivity index (χ2v) is 8.66. The number of ether oxygens (including phenoxy) is 1. The first-order chi connectivity index (χ1) is 11.2. The van der Waals surface area contributed by atoms with E-state index in [1.54, 1.807) is 0 Å². The molecule has 0 heterocycles. The van der Waals surface area contributed by atoms with Gasteiger partial charge in [0.25, 0.3) is 0 Å². The number of hydrogen-bond donors (Lipinski definition) is 0. The molecule has 0 aliphatic heterocycles. The van der Waals surface area contributed by atoms with Gasteiger partial charge in [-0.15, -0.1) is 0 Å². The molecule has 24 heavy (non-hydrogen) atoms. The van der Waals surface area contributed by atoms with Gasteiger partial charge in [-0.25, -0.2) is 26.7 Å². The summed E-state index contributed by atoms with van der Waals surface area (Å²) in [6.07, 6.45) is 0.852. The molecule has 136 valence electrons. The molecule has 10 heteroatoms. The average molecular weight is 372 g/mol. The number of carbonyl (C=O) groups is 1. The Labute approximate surface area is 136 Å². The maximum Gasteiger partial charge on any atom is 0.344 e. The number of hydrogen-bond acceptors (Lipinski definition) is 4. The van der Waals surface area contributed by atoms with Crippen LogP contribution in [0.4, 0.5) is 22.0 Å². The lowest BCUT2D eigenvalue weighted by molar-refractivity contribution is 0.0484. The molecule has 0 radical (unpaired) electrons. The van der Waals surface area contributed by atoms with E-state index in [4.69, 9.17) is 8.85 Å². The highest BCUT2D eigenvalue weighted by Crippen LogP contribution is 2.24. The van der Waals surface area contributed by atoms with Crippen molar-refractivity contribution in [2.75, 3.05) is 20.8 Å². The first-order valence-corrected chi connectivity index (χ1v) is 9.49. The average Bonchev–Trinajstić information content (AvgIpc) is 2.57. The maximum absolute atomic E-state index is 13.4. The maximum atomic E-state index is 13.4. The molecule has 0 spiro atoms. The minimum absolute atomic E-state index is 0.240. The van der Waals surface area contributed by atoms with Crippen LogP contribution >= 0.6 is 0 Å². The molecule has 0 aliphatic rings. The summed E-state index contributed by atoms with van der Waals surface area (Å²) in [4.78, 5) is 11.6. The van der Waals surface area contributed by atoms with Gasteiger partial charge >= 0.3 is 14.5 Å². The van der Waals surface area contributed by atoms with Crippen molar-refractivity contribution in [3.63, 3.8) is 0 Å². The number of benzene rings is 1. The smallest absolute Gasteiger partial charge is 0.344 e. The Morgan fingerprint density at radius 3 is 1.79 bits per heavy atom. The highest BCUT2D eigenvalue weighted by atomic mass is 28.4. The fourth-order valence-corrected chi connectivity index (χ4v) is 3.32. The van der Waals surface area contributed by atoms with Crippen LogP contribution in [0.25, 0.3) is 0 Å². The van der Waals surface area contributed by atoms with E-state index in [0.717, 1.165) is 0 Å². The van der Waals surface area contributed by atoms with Gasteiger partial charge in [-0.2, -0.15) is 0 Å². The molecule has 0 aromatic heterocycles. The van der Waals surface area contributed by atoms with Crippen molar-refractivity contribution in [3.8, 4) is 0 Å². The van der Waals surface area contributed by atoms with Crippen molar-refractivity contribution in [1.29, 1.82) is 0 Å². The van der Waals surface area contributed by atoms with Crippen LogP contribution in [-0.2, 0) is 13.6 Å². The van der Waals surface area contributed by atoms with E-state index in [-0.39, 0.29) is 6.61 Å². The number of carbonyl (C=O) groups excluding carboxylic acids is 1. The summed E-state index contributed by atoms with van der Waals surface area (Å²) in [7, 11) is 0.747. The first-order valence-electron chi connectivity index (χ1n) is 6.97. The van der Waals surface area contributed by atoms with Crippen LogP contribution in [0.2, 0.25) is 12.6 Å². The molecular weight excluding hydrogens is 355 g/mol. The monoisotopic (exact) mass is 372 g/mol. The molecule has 0 saturated carbocycles. The SMILES string of the molecule is CO[Si](C)(CCCCOC(=O)c1c(F)c(F)c(F)c(F)c1F)OC. The van der Waals surface area contributed by atoms with Crippen molar-refractivity contribution in [2.24, 2.45) is 0 Å². The van der Waals surface area contributed by atoms with Gasteiger partial charge in [-0.05, 0) is 25.4 Å². The summed E-state index contributed by atoms with van der Waals surface area (Å²) in [5.74, 6) is -12.7. The predicted molar refractivity (Wildman–Crippen MR) is 76.2 cm³/mol. The zero-order valence-corrected chi connectivity index (χ0v) is 14.4. The van der Waals surface area contributed by atoms with Gasteiger partial charge in [-0.1, -0.05) is 0 Å². The fraction of sp³-hybridized carbons (Fsp3) is 0.500. The predicted octanol–water partition coefficient (Wildman–Crippen LogP) is 3.68. The number of unbranched alkanes of at least 4 members (excludes halogenated alkanes) is 1. The van der Waals surface area contributed by atoms with Gasteiger partial charge in [-0.3, -0.25) is 0 Å². The van der Waals surface area contributed by atoms with Gasteiger partial charge in [0.05, 0.1) is 6.61 Å². The molecular formula is C14H17F5O4Si. The summed E-state index contributed by atoms with van der Waals surface area (Å²) in [5.41, 5.74) is -1.60. The second kappa shape index (κ2) is 8.54. The number of esters is 1. The third-order valence-corrected chi connectivity index (χ3v) is 6.52. The van der Waals surface area contributed by atoms with Crippen LogP contribution in [0.15, 0.2) is 0 Å². The lowest BCUT2D eigenvalue weighted by Crippen LogP contribution is -2.35. The van der Waals surface area contributed by atoms with E-state index >= 15 is 0 Å². The highest BCUT2D eigenvalue weighted by molar-refractivity contribution is 6.65. The van der Waals surface area contributed by atoms with Gasteiger partial charge < -0.3 is 13.6 Å². The third kappa shape index (κ3) is 4.52. The largest absolute Gasteiger partial charge is 0.462 e. The molecule has 4 nitrogen and oxygen atoms in total. The lowest BCUT2D eigenvalue weighted by atomic mass is 10.1. The number of rotatable bonds is 8. The summed E-state index contributed by atoms with van der Waals surface area (Å²) < 4.78 is 80.9. The van der Waals surface area contributed by atoms with Crippen LogP contribution < -0.4 is 0 Å². The van der Waals surface area contributed by atoms with Crippen molar-refractivity contribution in [3.05, 3.63) is 34.6 Å². The molecule has 0 N–H and O–H groups in total. The minimum Gasteiger partial charge on any atom is -0.462 e. The van der Waals surface area contributed by atoms with Crippen molar-refractivity contribution < 1.29 is 40.3 Å². The molecule has 0 fully saturated rings. The van der Waals surface area contributed by atoms with Crippen LogP contribution in [-0.4, -0.2) is 35.4 Å². The van der Waals surface area contributed by atoms with Gasteiger partial charge in [0.15, 0.2) is 23.3 Å². The Morgan fingerprint density at radius 2 is 1.33 bits per heavy atom. The minimum atomic E-state index is -2.33. The van der Waals surface area contributed by atoms with E-state index in [0.29, 0.717) is 18.9 Å². The summed E-state index contributed by atoms with van der Waals surface area (Å²) in [6, 6.07) is 0.583. The summed E-state index contributed by atoms with van der Waals surface area (Å²) in [5, 5.41) is 0. The second-order valence-electron chi connectivity index (χ2n) is 5.08. The van der Waals surface area contributed by atoms with E-state index in [2.05, 4.69) is 4.74 Å². The standard InChI is InChI=1S/C14H17F5O4Si/c1-21-24(3,22-2)7-5-4-6-23-14(20)8-9(15)11(17)13(19)12(18)10(8)16/h4-7H2,1-3H3. The van der Waals surface area contributed by atoms with Gasteiger partial charge in [0.2, 0.25) is 5.82 Å². The molecule has 0 aliphatic carbocycles. The highest BCUT2D eigenvalue weighted by Gasteiger charge is 2.31. The third-order valence-electron chi connectivity index (χ3n) is 3.54. The molecule has 0 atom stereocenters. The van der Waals surface area contributed by atoms with E-state index in [1.807, 2.05) is 6.55 Å². The van der Waals surface area contributed by atoms with Gasteiger partial charge in [0.1, 0.15) is 5.56 Å². The number of halogens is 5. The molecule has 0 unspecified atom stereocenters. The first kappa shape index (κ1) is 20.5. The molecule has 1 aromatic rings. The quantitative estimate of drug-likeness (QED) is 0.174. The Kier molecular flexibility index (Phi) is 7.30. The van der Waals surface area contributed by atoms with Crippen molar-refractivity contribution in [2.45, 2.75) is 25.4 Å². The van der Waals surface area contributed by atoms with Crippen LogP contribution in [0.5, 0.6) is 0 Å². The Morgan fingerprint density at radius 1 is 0.875 bits per heavy atom. The fourth-order valence-electron chi connectivity index (χ4n) is 1.86. The summed E-state index contributed by atoms with van der Waals surface area (Å²) >= 11 is 0. The van der Waals surface area contributed by atoms with E-state index < -0.39 is 49.2 Å². The molecule has 1 rings (SSSR count). The Bertz CT molecular complexity index is 578. The molecule has 0 amide bonds. The topological polar surface area (TPSA) is 44.8 Å². The lowest BCUT2D eigenvalue weighted by Gasteiger charge is -2.22. The van der Waals surface area contributed by atoms with Crippen molar-refractivity contribution in [1.82, 2.24) is 0 Å². The van der Waals surface area contributed by atoms with Crippen molar-refractivity contribution >= 4 is 14.5 Å². The normalized spacial score (nSPS) is 11.7. The zero-order valence-electron chi connectivity index (χ0n) is 13.4. The molecule has 0 saturated heterocycles. The molecule has 1 aromatic carbocycles. The van der Waals surface area contributed by atoms with Crippen LogP contribution in [0, 0.1) is 29.1 Å². The van der Waals surface area contributed by atoms with E-state index in [1.165, 1.54) is 14.2 Å². The Hall–Kier alpha value is -1.52. The zero-order chi connectivity index (χ0) is 18.5. The van der Waals surface area contributed by atoms with E-state index in [9.17, 15) is 26.7 Å². The Balaban J connectivity index is 2.65. The molecule has 0 bridgehead atoms.